The van der Waals surface area contributed by atoms with Crippen LogP contribution in [-0.2, 0) is 6.54 Å². The number of nitrogens with one attached hydrogen (secondary N) is 2. The minimum absolute atomic E-state index is 0.157. The Balaban J connectivity index is 1.84. The third-order valence-electron chi connectivity index (χ3n) is 3.62. The van der Waals surface area contributed by atoms with E-state index in [9.17, 15) is 4.79 Å². The van der Waals surface area contributed by atoms with E-state index in [1.165, 1.54) is 10.6 Å². The molecule has 0 aliphatic carbocycles. The van der Waals surface area contributed by atoms with Crippen molar-refractivity contribution < 1.29 is 0 Å². The first-order chi connectivity index (χ1) is 10.9. The molecule has 0 unspecified atom stereocenters. The summed E-state index contributed by atoms with van der Waals surface area (Å²) in [6.07, 6.45) is 0. The third kappa shape index (κ3) is 3.22. The summed E-state index contributed by atoms with van der Waals surface area (Å²) in [5.41, 5.74) is 2.50. The molecular weight excluding hydrogens is 314 g/mol. The van der Waals surface area contributed by atoms with Crippen molar-refractivity contribution in [2.75, 3.05) is 5.32 Å². The first-order valence-electron chi connectivity index (χ1n) is 7.42. The van der Waals surface area contributed by atoms with Gasteiger partial charge in [-0.1, -0.05) is 31.5 Å². The van der Waals surface area contributed by atoms with Crippen molar-refractivity contribution in [2.45, 2.75) is 33.2 Å². The van der Waals surface area contributed by atoms with Crippen LogP contribution in [0.5, 0.6) is 0 Å². The number of hydrogen-bond donors (Lipinski definition) is 2. The predicted molar refractivity (Wildman–Crippen MR) is 91.2 cm³/mol. The monoisotopic (exact) mass is 331 g/mol. The maximum absolute atomic E-state index is 12.1. The van der Waals surface area contributed by atoms with Gasteiger partial charge in [0.15, 0.2) is 0 Å². The molecule has 0 fully saturated rings. The topological polar surface area (TPSA) is 75.1 Å². The number of halogens is 1. The van der Waals surface area contributed by atoms with E-state index in [1.807, 2.05) is 39.0 Å². The molecule has 0 aliphatic heterocycles. The number of anilines is 1. The Labute approximate surface area is 138 Å². The lowest BCUT2D eigenvalue weighted by molar-refractivity contribution is 0.791. The number of rotatable bonds is 4. The van der Waals surface area contributed by atoms with Crippen LogP contribution in [0.1, 0.15) is 36.8 Å². The van der Waals surface area contributed by atoms with E-state index in [0.717, 1.165) is 16.9 Å². The standard InChI is InChI=1S/C16H18ClN5O/c1-9(2)13-7-15(23)22-16(19-13)20-14(21-22)8-18-11-5-4-10(3)12(17)6-11/h4-7,9,18H,8H2,1-3H3,(H,19,20,21). The summed E-state index contributed by atoms with van der Waals surface area (Å²) < 4.78 is 1.35. The lowest BCUT2D eigenvalue weighted by atomic mass is 10.1. The van der Waals surface area contributed by atoms with E-state index in [2.05, 4.69) is 20.4 Å². The van der Waals surface area contributed by atoms with Gasteiger partial charge in [-0.25, -0.2) is 4.98 Å². The number of benzene rings is 1. The number of aromatic amines is 1. The van der Waals surface area contributed by atoms with Crippen molar-refractivity contribution in [1.82, 2.24) is 19.6 Å². The highest BCUT2D eigenvalue weighted by Gasteiger charge is 2.10. The first-order valence-corrected chi connectivity index (χ1v) is 7.80. The Morgan fingerprint density at radius 2 is 2.09 bits per heavy atom. The van der Waals surface area contributed by atoms with Gasteiger partial charge in [0, 0.05) is 16.8 Å². The van der Waals surface area contributed by atoms with Gasteiger partial charge in [-0.3, -0.25) is 9.89 Å². The fourth-order valence-corrected chi connectivity index (χ4v) is 2.39. The molecule has 0 saturated carbocycles. The van der Waals surface area contributed by atoms with E-state index in [-0.39, 0.29) is 11.5 Å². The Morgan fingerprint density at radius 3 is 2.78 bits per heavy atom. The minimum Gasteiger partial charge on any atom is -0.378 e. The maximum atomic E-state index is 12.1. The molecule has 3 aromatic rings. The van der Waals surface area contributed by atoms with Crippen molar-refractivity contribution in [3.63, 3.8) is 0 Å². The molecule has 2 aromatic heterocycles. The Hall–Kier alpha value is -2.34. The first kappa shape index (κ1) is 15.6. The van der Waals surface area contributed by atoms with Gasteiger partial charge in [0.2, 0.25) is 0 Å². The lowest BCUT2D eigenvalue weighted by Gasteiger charge is -2.05. The maximum Gasteiger partial charge on any atom is 0.274 e. The number of nitrogens with zero attached hydrogens (tertiary/aromatic N) is 3. The van der Waals surface area contributed by atoms with Crippen molar-refractivity contribution in [3.8, 4) is 0 Å². The van der Waals surface area contributed by atoms with E-state index < -0.39 is 0 Å². The molecule has 2 heterocycles. The van der Waals surface area contributed by atoms with Crippen molar-refractivity contribution in [3.05, 3.63) is 56.7 Å². The summed E-state index contributed by atoms with van der Waals surface area (Å²) in [6.45, 7) is 6.39. The molecule has 23 heavy (non-hydrogen) atoms. The average molecular weight is 332 g/mol. The molecule has 0 spiro atoms. The molecule has 120 valence electrons. The second-order valence-electron chi connectivity index (χ2n) is 5.80. The van der Waals surface area contributed by atoms with Gasteiger partial charge in [-0.15, -0.1) is 0 Å². The molecule has 6 nitrogen and oxygen atoms in total. The number of aromatic nitrogens is 4. The van der Waals surface area contributed by atoms with E-state index in [4.69, 9.17) is 11.6 Å². The fraction of sp³-hybridized carbons (Fsp3) is 0.312. The molecule has 0 amide bonds. The number of H-pyrrole nitrogens is 1. The molecular formula is C16H18ClN5O. The average Bonchev–Trinajstić information content (AvgIpc) is 2.92. The molecule has 3 rings (SSSR count). The molecule has 7 heteroatoms. The number of hydrogen-bond acceptors (Lipinski definition) is 4. The highest BCUT2D eigenvalue weighted by molar-refractivity contribution is 6.31. The van der Waals surface area contributed by atoms with Crippen molar-refractivity contribution in [1.29, 1.82) is 0 Å². The molecule has 2 N–H and O–H groups in total. The molecule has 0 radical (unpaired) electrons. The normalized spacial score (nSPS) is 11.3. The Morgan fingerprint density at radius 1 is 1.30 bits per heavy atom. The number of fused-ring (bicyclic) bond motifs is 1. The van der Waals surface area contributed by atoms with Crippen LogP contribution < -0.4 is 10.9 Å². The summed E-state index contributed by atoms with van der Waals surface area (Å²) in [4.78, 5) is 20.9. The van der Waals surface area contributed by atoms with Crippen molar-refractivity contribution >= 4 is 23.1 Å². The van der Waals surface area contributed by atoms with E-state index >= 15 is 0 Å². The second-order valence-corrected chi connectivity index (χ2v) is 6.20. The zero-order chi connectivity index (χ0) is 16.6. The van der Waals surface area contributed by atoms with Gasteiger partial charge in [-0.05, 0) is 30.5 Å². The van der Waals surface area contributed by atoms with Crippen LogP contribution in [-0.4, -0.2) is 19.6 Å². The third-order valence-corrected chi connectivity index (χ3v) is 4.03. The van der Waals surface area contributed by atoms with Crippen molar-refractivity contribution in [2.24, 2.45) is 0 Å². The fourth-order valence-electron chi connectivity index (χ4n) is 2.21. The van der Waals surface area contributed by atoms with E-state index in [0.29, 0.717) is 23.2 Å². The van der Waals surface area contributed by atoms with Crippen LogP contribution in [0.4, 0.5) is 5.69 Å². The van der Waals surface area contributed by atoms with Gasteiger partial charge in [-0.2, -0.15) is 9.50 Å². The predicted octanol–water partition coefficient (Wildman–Crippen LogP) is 3.11. The summed E-state index contributed by atoms with van der Waals surface area (Å²) in [6, 6.07) is 7.29. The van der Waals surface area contributed by atoms with Gasteiger partial charge < -0.3 is 5.32 Å². The van der Waals surface area contributed by atoms with Crippen LogP contribution in [0.3, 0.4) is 0 Å². The summed E-state index contributed by atoms with van der Waals surface area (Å²) in [5, 5.41) is 6.89. The van der Waals surface area contributed by atoms with Crippen LogP contribution in [0.2, 0.25) is 5.02 Å². The lowest BCUT2D eigenvalue weighted by Crippen LogP contribution is -2.16. The zero-order valence-corrected chi connectivity index (χ0v) is 14.0. The molecule has 0 atom stereocenters. The van der Waals surface area contributed by atoms with Gasteiger partial charge in [0.25, 0.3) is 11.3 Å². The highest BCUT2D eigenvalue weighted by Crippen LogP contribution is 2.20. The van der Waals surface area contributed by atoms with Crippen LogP contribution >= 0.6 is 11.6 Å². The zero-order valence-electron chi connectivity index (χ0n) is 13.2. The second kappa shape index (κ2) is 6.04. The number of aryl methyl sites for hydroxylation is 1. The van der Waals surface area contributed by atoms with E-state index in [1.54, 1.807) is 0 Å². The summed E-state index contributed by atoms with van der Waals surface area (Å²) >= 11 is 6.11. The molecule has 0 aliphatic rings. The molecule has 0 bridgehead atoms. The SMILES string of the molecule is Cc1ccc(NCc2nc3nc(C(C)C)cc(=O)n3[nH]2)cc1Cl. The molecule has 0 saturated heterocycles. The van der Waals surface area contributed by atoms with Gasteiger partial charge >= 0.3 is 0 Å². The highest BCUT2D eigenvalue weighted by atomic mass is 35.5. The van der Waals surface area contributed by atoms with Crippen LogP contribution in [0.25, 0.3) is 5.78 Å². The Kier molecular flexibility index (Phi) is 4.09. The Bertz CT molecular complexity index is 912. The summed E-state index contributed by atoms with van der Waals surface area (Å²) in [5.74, 6) is 1.20. The van der Waals surface area contributed by atoms with Crippen LogP contribution in [0, 0.1) is 6.92 Å². The quantitative estimate of drug-likeness (QED) is 0.770. The molecule has 1 aromatic carbocycles. The summed E-state index contributed by atoms with van der Waals surface area (Å²) in [7, 11) is 0. The minimum atomic E-state index is -0.157. The van der Waals surface area contributed by atoms with Crippen LogP contribution in [0.15, 0.2) is 29.1 Å². The van der Waals surface area contributed by atoms with Gasteiger partial charge in [0.1, 0.15) is 5.82 Å². The van der Waals surface area contributed by atoms with Gasteiger partial charge in [0.05, 0.1) is 12.2 Å². The smallest absolute Gasteiger partial charge is 0.274 e. The largest absolute Gasteiger partial charge is 0.378 e.